The largest absolute Gasteiger partial charge is 0.423 e. The Hall–Kier alpha value is -1.06. The van der Waals surface area contributed by atoms with E-state index >= 15 is 0 Å². The summed E-state index contributed by atoms with van der Waals surface area (Å²) in [5, 5.41) is 0. The van der Waals surface area contributed by atoms with E-state index < -0.39 is 28.6 Å². The van der Waals surface area contributed by atoms with Gasteiger partial charge in [0.25, 0.3) is 5.79 Å². The number of esters is 2. The first-order chi connectivity index (χ1) is 7.26. The van der Waals surface area contributed by atoms with Crippen molar-refractivity contribution in [1.82, 2.24) is 0 Å². The second kappa shape index (κ2) is 4.67. The highest BCUT2D eigenvalue weighted by Crippen LogP contribution is 2.25. The molecule has 4 nitrogen and oxygen atoms in total. The minimum Gasteiger partial charge on any atom is -0.423 e. The van der Waals surface area contributed by atoms with Gasteiger partial charge in [-0.05, 0) is 41.5 Å². The zero-order chi connectivity index (χ0) is 14.1. The number of rotatable bonds is 2. The molecule has 0 aliphatic carbocycles. The lowest BCUT2D eigenvalue weighted by Gasteiger charge is -2.31. The molecule has 0 aromatic rings. The highest BCUT2D eigenvalue weighted by atomic mass is 16.7. The first-order valence-corrected chi connectivity index (χ1v) is 5.72. The van der Waals surface area contributed by atoms with Crippen LogP contribution < -0.4 is 0 Å². The maximum Gasteiger partial charge on any atom is 0.314 e. The van der Waals surface area contributed by atoms with Crippen LogP contribution in [0.1, 0.15) is 55.4 Å². The van der Waals surface area contributed by atoms with Crippen LogP contribution in [0.25, 0.3) is 0 Å². The highest BCUT2D eigenvalue weighted by molar-refractivity contribution is 5.77. The zero-order valence-corrected chi connectivity index (χ0v) is 12.1. The van der Waals surface area contributed by atoms with Crippen LogP contribution in [0.4, 0.5) is 0 Å². The Morgan fingerprint density at radius 1 is 0.647 bits per heavy atom. The van der Waals surface area contributed by atoms with Crippen molar-refractivity contribution in [2.75, 3.05) is 0 Å². The molecular formula is C13H24O4. The molecule has 0 rings (SSSR count). The predicted octanol–water partition coefficient (Wildman–Crippen LogP) is 2.90. The first kappa shape index (κ1) is 15.9. The van der Waals surface area contributed by atoms with Gasteiger partial charge < -0.3 is 9.47 Å². The first-order valence-electron chi connectivity index (χ1n) is 5.72. The second-order valence-corrected chi connectivity index (χ2v) is 6.68. The van der Waals surface area contributed by atoms with E-state index in [1.165, 1.54) is 0 Å². The number of hydrogen-bond donors (Lipinski definition) is 0. The molecule has 0 aliphatic rings. The Morgan fingerprint density at radius 2 is 0.882 bits per heavy atom. The van der Waals surface area contributed by atoms with E-state index in [2.05, 4.69) is 0 Å². The summed E-state index contributed by atoms with van der Waals surface area (Å²) in [6.07, 6.45) is 0. The molecule has 17 heavy (non-hydrogen) atoms. The molecule has 0 fully saturated rings. The monoisotopic (exact) mass is 244 g/mol. The Balaban J connectivity index is 4.62. The summed E-state index contributed by atoms with van der Waals surface area (Å²) in [7, 11) is 0. The molecule has 0 saturated heterocycles. The molecule has 0 atom stereocenters. The van der Waals surface area contributed by atoms with Crippen molar-refractivity contribution in [3.05, 3.63) is 0 Å². The van der Waals surface area contributed by atoms with Crippen molar-refractivity contribution in [2.24, 2.45) is 10.8 Å². The van der Waals surface area contributed by atoms with Crippen molar-refractivity contribution in [3.8, 4) is 0 Å². The molecule has 100 valence electrons. The molecule has 0 N–H and O–H groups in total. The van der Waals surface area contributed by atoms with Gasteiger partial charge in [-0.3, -0.25) is 9.59 Å². The third-order valence-electron chi connectivity index (χ3n) is 1.90. The summed E-state index contributed by atoms with van der Waals surface area (Å²) in [6.45, 7) is 13.6. The Labute approximate surface area is 104 Å². The molecule has 0 aromatic heterocycles. The van der Waals surface area contributed by atoms with Crippen molar-refractivity contribution in [3.63, 3.8) is 0 Å². The number of hydrogen-bond acceptors (Lipinski definition) is 4. The lowest BCUT2D eigenvalue weighted by molar-refractivity contribution is -0.226. The molecule has 0 unspecified atom stereocenters. The van der Waals surface area contributed by atoms with Crippen LogP contribution >= 0.6 is 0 Å². The minimum absolute atomic E-state index is 0.399. The molecule has 0 bridgehead atoms. The SMILES string of the molecule is CC(C)(OC(=O)C(C)(C)C)OC(=O)C(C)(C)C. The quantitative estimate of drug-likeness (QED) is 0.553. The Morgan fingerprint density at radius 3 is 1.06 bits per heavy atom. The van der Waals surface area contributed by atoms with Crippen LogP contribution in [0.3, 0.4) is 0 Å². The van der Waals surface area contributed by atoms with E-state index in [1.807, 2.05) is 0 Å². The van der Waals surface area contributed by atoms with Crippen molar-refractivity contribution < 1.29 is 19.1 Å². The normalized spacial score (nSPS) is 13.2. The van der Waals surface area contributed by atoms with Gasteiger partial charge in [0.15, 0.2) is 0 Å². The predicted molar refractivity (Wildman–Crippen MR) is 65.2 cm³/mol. The van der Waals surface area contributed by atoms with E-state index in [-0.39, 0.29) is 0 Å². The van der Waals surface area contributed by atoms with Gasteiger partial charge in [0.1, 0.15) is 0 Å². The van der Waals surface area contributed by atoms with Gasteiger partial charge in [0.2, 0.25) is 0 Å². The lowest BCUT2D eigenvalue weighted by atomic mass is 9.97. The average Bonchev–Trinajstić information content (AvgIpc) is 1.97. The highest BCUT2D eigenvalue weighted by Gasteiger charge is 2.36. The van der Waals surface area contributed by atoms with Crippen LogP contribution in [0.15, 0.2) is 0 Å². The summed E-state index contributed by atoms with van der Waals surface area (Å²) in [5.74, 6) is -2.04. The molecular weight excluding hydrogens is 220 g/mol. The molecule has 0 aromatic carbocycles. The fraction of sp³-hybridized carbons (Fsp3) is 0.846. The molecule has 0 heterocycles. The molecule has 0 aliphatic heterocycles. The maximum absolute atomic E-state index is 11.7. The fourth-order valence-corrected chi connectivity index (χ4v) is 0.773. The average molecular weight is 244 g/mol. The third kappa shape index (κ3) is 5.71. The van der Waals surface area contributed by atoms with Gasteiger partial charge in [0.05, 0.1) is 10.8 Å². The van der Waals surface area contributed by atoms with E-state index in [9.17, 15) is 9.59 Å². The van der Waals surface area contributed by atoms with Gasteiger partial charge in [-0.2, -0.15) is 0 Å². The summed E-state index contributed by atoms with van der Waals surface area (Å²) in [5.41, 5.74) is -1.24. The van der Waals surface area contributed by atoms with Crippen LogP contribution in [-0.4, -0.2) is 17.7 Å². The van der Waals surface area contributed by atoms with Gasteiger partial charge in [-0.1, -0.05) is 0 Å². The van der Waals surface area contributed by atoms with E-state index in [4.69, 9.17) is 9.47 Å². The number of ether oxygens (including phenoxy) is 2. The van der Waals surface area contributed by atoms with Gasteiger partial charge >= 0.3 is 11.9 Å². The van der Waals surface area contributed by atoms with Crippen LogP contribution in [0, 0.1) is 10.8 Å². The standard InChI is InChI=1S/C13H24O4/c1-11(2,3)9(14)16-13(7,8)17-10(15)12(4,5)6/h1-8H3. The van der Waals surface area contributed by atoms with Crippen molar-refractivity contribution in [2.45, 2.75) is 61.2 Å². The second-order valence-electron chi connectivity index (χ2n) is 6.68. The minimum atomic E-state index is -1.24. The van der Waals surface area contributed by atoms with Crippen molar-refractivity contribution >= 4 is 11.9 Å². The summed E-state index contributed by atoms with van der Waals surface area (Å²) in [6, 6.07) is 0. The van der Waals surface area contributed by atoms with Gasteiger partial charge in [0, 0.05) is 13.8 Å². The summed E-state index contributed by atoms with van der Waals surface area (Å²) >= 11 is 0. The van der Waals surface area contributed by atoms with Crippen LogP contribution in [0.2, 0.25) is 0 Å². The van der Waals surface area contributed by atoms with Gasteiger partial charge in [-0.15, -0.1) is 0 Å². The molecule has 0 spiro atoms. The van der Waals surface area contributed by atoms with E-state index in [0.29, 0.717) is 0 Å². The number of carbonyl (C=O) groups excluding carboxylic acids is 2. The number of carbonyl (C=O) groups is 2. The van der Waals surface area contributed by atoms with Gasteiger partial charge in [-0.25, -0.2) is 0 Å². The molecule has 0 radical (unpaired) electrons. The molecule has 0 saturated carbocycles. The van der Waals surface area contributed by atoms with Crippen molar-refractivity contribution in [1.29, 1.82) is 0 Å². The fourth-order valence-electron chi connectivity index (χ4n) is 0.773. The third-order valence-corrected chi connectivity index (χ3v) is 1.90. The van der Waals surface area contributed by atoms with E-state index in [1.54, 1.807) is 55.4 Å². The molecule has 0 amide bonds. The Kier molecular flexibility index (Phi) is 4.38. The topological polar surface area (TPSA) is 52.6 Å². The van der Waals surface area contributed by atoms with E-state index in [0.717, 1.165) is 0 Å². The Bertz CT molecular complexity index is 272. The van der Waals surface area contributed by atoms with Crippen LogP contribution in [0.5, 0.6) is 0 Å². The van der Waals surface area contributed by atoms with Crippen LogP contribution in [-0.2, 0) is 19.1 Å². The summed E-state index contributed by atoms with van der Waals surface area (Å²) in [4.78, 5) is 23.4. The zero-order valence-electron chi connectivity index (χ0n) is 12.1. The summed E-state index contributed by atoms with van der Waals surface area (Å²) < 4.78 is 10.4. The smallest absolute Gasteiger partial charge is 0.314 e. The maximum atomic E-state index is 11.7. The molecule has 4 heteroatoms. The lowest BCUT2D eigenvalue weighted by Crippen LogP contribution is -2.40.